The standard InChI is InChI=1S/C15H22O3/c1-9-4-5-12-10(2)7-14(16)15(17,13(12)6-9)11(3)8-18-14/h6,10,12-13,16-17H,3-5,7-8H2,1-2H3/t10-,12+,13-,14+,15+/m0/s1. The highest BCUT2D eigenvalue weighted by molar-refractivity contribution is 5.32. The summed E-state index contributed by atoms with van der Waals surface area (Å²) in [6, 6.07) is 0. The van der Waals surface area contributed by atoms with Gasteiger partial charge in [0.05, 0.1) is 6.61 Å². The Bertz CT molecular complexity index is 427. The topological polar surface area (TPSA) is 49.7 Å². The zero-order valence-electron chi connectivity index (χ0n) is 11.1. The van der Waals surface area contributed by atoms with Crippen LogP contribution in [0.2, 0.25) is 0 Å². The van der Waals surface area contributed by atoms with Crippen LogP contribution in [-0.4, -0.2) is 28.2 Å². The summed E-state index contributed by atoms with van der Waals surface area (Å²) in [5, 5.41) is 21.7. The van der Waals surface area contributed by atoms with Gasteiger partial charge in [0.2, 0.25) is 0 Å². The molecule has 0 radical (unpaired) electrons. The van der Waals surface area contributed by atoms with Crippen LogP contribution in [0, 0.1) is 17.8 Å². The molecule has 2 N–H and O–H groups in total. The molecular formula is C15H22O3. The van der Waals surface area contributed by atoms with E-state index >= 15 is 0 Å². The molecule has 3 rings (SSSR count). The van der Waals surface area contributed by atoms with Gasteiger partial charge in [-0.15, -0.1) is 0 Å². The summed E-state index contributed by atoms with van der Waals surface area (Å²) in [7, 11) is 0. The number of hydrogen-bond acceptors (Lipinski definition) is 3. The highest BCUT2D eigenvalue weighted by Gasteiger charge is 2.66. The first-order valence-electron chi connectivity index (χ1n) is 6.83. The Labute approximate surface area is 108 Å². The van der Waals surface area contributed by atoms with Crippen molar-refractivity contribution >= 4 is 0 Å². The highest BCUT2D eigenvalue weighted by atomic mass is 16.6. The molecule has 0 aromatic heterocycles. The molecule has 2 fully saturated rings. The zero-order chi connectivity index (χ0) is 13.1. The summed E-state index contributed by atoms with van der Waals surface area (Å²) in [6.07, 6.45) is 4.80. The second-order valence-electron chi connectivity index (χ2n) is 6.37. The quantitative estimate of drug-likeness (QED) is 0.647. The number of rotatable bonds is 0. The molecular weight excluding hydrogens is 228 g/mol. The first-order chi connectivity index (χ1) is 8.38. The molecule has 0 spiro atoms. The summed E-state index contributed by atoms with van der Waals surface area (Å²) < 4.78 is 5.49. The SMILES string of the molecule is C=C1CO[C@]2(O)C[C@H](C)[C@H]3CCC(C)=C[C@@H]3[C@]12O. The Morgan fingerprint density at radius 1 is 1.44 bits per heavy atom. The third-order valence-electron chi connectivity index (χ3n) is 5.23. The van der Waals surface area contributed by atoms with Crippen LogP contribution in [0.4, 0.5) is 0 Å². The first-order valence-corrected chi connectivity index (χ1v) is 6.83. The number of allylic oxidation sites excluding steroid dienone is 1. The molecule has 0 amide bonds. The smallest absolute Gasteiger partial charge is 0.200 e. The van der Waals surface area contributed by atoms with Gasteiger partial charge >= 0.3 is 0 Å². The molecule has 1 saturated carbocycles. The van der Waals surface area contributed by atoms with Crippen LogP contribution in [0.1, 0.15) is 33.1 Å². The maximum atomic E-state index is 11.1. The van der Waals surface area contributed by atoms with E-state index in [2.05, 4.69) is 26.5 Å². The fourth-order valence-electron chi connectivity index (χ4n) is 4.16. The van der Waals surface area contributed by atoms with Gasteiger partial charge in [-0.3, -0.25) is 0 Å². The Morgan fingerprint density at radius 2 is 2.17 bits per heavy atom. The lowest BCUT2D eigenvalue weighted by molar-refractivity contribution is -0.293. The van der Waals surface area contributed by atoms with Crippen molar-refractivity contribution in [3.63, 3.8) is 0 Å². The Hall–Kier alpha value is -0.640. The Kier molecular flexibility index (Phi) is 2.54. The van der Waals surface area contributed by atoms with E-state index in [0.29, 0.717) is 23.8 Å². The minimum absolute atomic E-state index is 0.0602. The minimum atomic E-state index is -1.45. The van der Waals surface area contributed by atoms with Crippen molar-refractivity contribution in [3.05, 3.63) is 23.8 Å². The summed E-state index contributed by atoms with van der Waals surface area (Å²) in [5.74, 6) is -0.735. The van der Waals surface area contributed by atoms with Crippen molar-refractivity contribution in [2.24, 2.45) is 17.8 Å². The number of ether oxygens (including phenoxy) is 1. The number of fused-ring (bicyclic) bond motifs is 3. The van der Waals surface area contributed by atoms with Crippen LogP contribution in [0.5, 0.6) is 0 Å². The number of aliphatic hydroxyl groups is 2. The molecule has 0 aromatic rings. The molecule has 3 aliphatic rings. The van der Waals surface area contributed by atoms with Crippen molar-refractivity contribution in [1.82, 2.24) is 0 Å². The zero-order valence-corrected chi connectivity index (χ0v) is 11.1. The largest absolute Gasteiger partial charge is 0.379 e. The van der Waals surface area contributed by atoms with Crippen molar-refractivity contribution in [3.8, 4) is 0 Å². The monoisotopic (exact) mass is 250 g/mol. The van der Waals surface area contributed by atoms with E-state index in [1.807, 2.05) is 0 Å². The average molecular weight is 250 g/mol. The van der Waals surface area contributed by atoms with Crippen LogP contribution >= 0.6 is 0 Å². The third kappa shape index (κ3) is 1.35. The van der Waals surface area contributed by atoms with E-state index in [0.717, 1.165) is 12.8 Å². The molecule has 3 nitrogen and oxygen atoms in total. The number of hydrogen-bond donors (Lipinski definition) is 2. The summed E-state index contributed by atoms with van der Waals surface area (Å²) in [6.45, 7) is 8.43. The molecule has 18 heavy (non-hydrogen) atoms. The second kappa shape index (κ2) is 3.69. The molecule has 100 valence electrons. The van der Waals surface area contributed by atoms with Crippen LogP contribution in [0.3, 0.4) is 0 Å². The van der Waals surface area contributed by atoms with Crippen LogP contribution in [0.25, 0.3) is 0 Å². The minimum Gasteiger partial charge on any atom is -0.379 e. The van der Waals surface area contributed by atoms with Gasteiger partial charge in [-0.05, 0) is 37.2 Å². The molecule has 1 aliphatic heterocycles. The lowest BCUT2D eigenvalue weighted by Gasteiger charge is -2.53. The molecule has 0 unspecified atom stereocenters. The summed E-state index contributed by atoms with van der Waals surface area (Å²) >= 11 is 0. The lowest BCUT2D eigenvalue weighted by Crippen LogP contribution is -2.63. The molecule has 0 bridgehead atoms. The van der Waals surface area contributed by atoms with Crippen molar-refractivity contribution in [2.75, 3.05) is 6.61 Å². The van der Waals surface area contributed by atoms with Crippen LogP contribution < -0.4 is 0 Å². The maximum absolute atomic E-state index is 11.1. The first kappa shape index (κ1) is 12.4. The van der Waals surface area contributed by atoms with E-state index < -0.39 is 11.4 Å². The van der Waals surface area contributed by atoms with E-state index in [9.17, 15) is 10.2 Å². The third-order valence-corrected chi connectivity index (χ3v) is 5.23. The molecule has 5 atom stereocenters. The fraction of sp³-hybridized carbons (Fsp3) is 0.733. The maximum Gasteiger partial charge on any atom is 0.200 e. The van der Waals surface area contributed by atoms with Gasteiger partial charge in [-0.25, -0.2) is 0 Å². The summed E-state index contributed by atoms with van der Waals surface area (Å²) in [4.78, 5) is 0. The Balaban J connectivity index is 2.11. The second-order valence-corrected chi connectivity index (χ2v) is 6.37. The molecule has 1 saturated heterocycles. The van der Waals surface area contributed by atoms with Gasteiger partial charge in [-0.2, -0.15) is 0 Å². The van der Waals surface area contributed by atoms with Crippen LogP contribution in [-0.2, 0) is 4.74 Å². The predicted octanol–water partition coefficient (Wildman–Crippen LogP) is 2.00. The van der Waals surface area contributed by atoms with E-state index in [-0.39, 0.29) is 12.5 Å². The fourth-order valence-corrected chi connectivity index (χ4v) is 4.16. The van der Waals surface area contributed by atoms with Gasteiger partial charge in [0.15, 0.2) is 5.79 Å². The van der Waals surface area contributed by atoms with Crippen molar-refractivity contribution in [2.45, 2.75) is 44.5 Å². The van der Waals surface area contributed by atoms with Gasteiger partial charge in [0.1, 0.15) is 5.60 Å². The van der Waals surface area contributed by atoms with Gasteiger partial charge in [0.25, 0.3) is 0 Å². The molecule has 1 heterocycles. The van der Waals surface area contributed by atoms with Crippen molar-refractivity contribution in [1.29, 1.82) is 0 Å². The Morgan fingerprint density at radius 3 is 2.89 bits per heavy atom. The predicted molar refractivity (Wildman–Crippen MR) is 68.7 cm³/mol. The molecule has 0 aromatic carbocycles. The van der Waals surface area contributed by atoms with Gasteiger partial charge in [0, 0.05) is 12.3 Å². The van der Waals surface area contributed by atoms with E-state index in [1.165, 1.54) is 5.57 Å². The normalized spacial score (nSPS) is 51.7. The van der Waals surface area contributed by atoms with E-state index in [4.69, 9.17) is 4.74 Å². The summed E-state index contributed by atoms with van der Waals surface area (Å²) in [5.41, 5.74) is 0.616. The van der Waals surface area contributed by atoms with E-state index in [1.54, 1.807) is 0 Å². The van der Waals surface area contributed by atoms with Gasteiger partial charge < -0.3 is 14.9 Å². The van der Waals surface area contributed by atoms with Crippen LogP contribution in [0.15, 0.2) is 23.8 Å². The lowest BCUT2D eigenvalue weighted by atomic mass is 9.57. The average Bonchev–Trinajstić information content (AvgIpc) is 2.54. The molecule has 2 aliphatic carbocycles. The van der Waals surface area contributed by atoms with Crippen molar-refractivity contribution < 1.29 is 14.9 Å². The highest BCUT2D eigenvalue weighted by Crippen LogP contribution is 2.57. The van der Waals surface area contributed by atoms with Gasteiger partial charge in [-0.1, -0.05) is 25.2 Å². The molecule has 3 heteroatoms.